The molecule has 2 heteroatoms. The maximum Gasteiger partial charge on any atom is 0.0331 e. The smallest absolute Gasteiger partial charge is 0.0331 e. The first kappa shape index (κ1) is 13.4. The molecule has 1 atom stereocenters. The number of nitrogens with zero attached hydrogens (tertiary/aromatic N) is 1. The summed E-state index contributed by atoms with van der Waals surface area (Å²) in [4.78, 5) is 2.77. The molecule has 0 aromatic carbocycles. The summed E-state index contributed by atoms with van der Waals surface area (Å²) in [6.07, 6.45) is 12.5. The van der Waals surface area contributed by atoms with Gasteiger partial charge < -0.3 is 5.73 Å². The molecule has 0 aromatic rings. The third-order valence-electron chi connectivity index (χ3n) is 5.18. The lowest BCUT2D eigenvalue weighted by Gasteiger charge is -2.47. The molecule has 2 nitrogen and oxygen atoms in total. The van der Waals surface area contributed by atoms with Crippen molar-refractivity contribution in [1.82, 2.24) is 4.90 Å². The van der Waals surface area contributed by atoms with Crippen molar-refractivity contribution in [2.75, 3.05) is 19.6 Å². The Morgan fingerprint density at radius 2 is 1.82 bits per heavy atom. The SMILES string of the molecule is CCC1CCCN(C2(CN)CCCCCC2)C1. The van der Waals surface area contributed by atoms with Crippen LogP contribution >= 0.6 is 0 Å². The summed E-state index contributed by atoms with van der Waals surface area (Å²) >= 11 is 0. The van der Waals surface area contributed by atoms with Crippen LogP contribution in [0.5, 0.6) is 0 Å². The fourth-order valence-electron chi connectivity index (χ4n) is 3.87. The molecule has 2 aliphatic rings. The van der Waals surface area contributed by atoms with Crippen molar-refractivity contribution in [1.29, 1.82) is 0 Å². The van der Waals surface area contributed by atoms with Gasteiger partial charge in [0, 0.05) is 18.6 Å². The lowest BCUT2D eigenvalue weighted by molar-refractivity contribution is 0.0349. The molecule has 2 N–H and O–H groups in total. The zero-order valence-electron chi connectivity index (χ0n) is 11.6. The van der Waals surface area contributed by atoms with Gasteiger partial charge in [-0.25, -0.2) is 0 Å². The van der Waals surface area contributed by atoms with Crippen LogP contribution in [0, 0.1) is 5.92 Å². The maximum atomic E-state index is 6.18. The first-order valence-electron chi connectivity index (χ1n) is 7.76. The Balaban J connectivity index is 2.04. The van der Waals surface area contributed by atoms with Gasteiger partial charge in [-0.3, -0.25) is 4.90 Å². The van der Waals surface area contributed by atoms with Crippen molar-refractivity contribution in [3.8, 4) is 0 Å². The molecule has 2 rings (SSSR count). The highest BCUT2D eigenvalue weighted by Gasteiger charge is 2.37. The second-order valence-electron chi connectivity index (χ2n) is 6.21. The van der Waals surface area contributed by atoms with Crippen molar-refractivity contribution in [2.24, 2.45) is 11.7 Å². The van der Waals surface area contributed by atoms with Crippen LogP contribution in [0.15, 0.2) is 0 Å². The van der Waals surface area contributed by atoms with Crippen LogP contribution in [-0.2, 0) is 0 Å². The summed E-state index contributed by atoms with van der Waals surface area (Å²) in [6.45, 7) is 5.83. The lowest BCUT2D eigenvalue weighted by atomic mass is 9.84. The average molecular weight is 238 g/mol. The minimum Gasteiger partial charge on any atom is -0.329 e. The van der Waals surface area contributed by atoms with Crippen LogP contribution in [-0.4, -0.2) is 30.1 Å². The van der Waals surface area contributed by atoms with Crippen LogP contribution in [0.3, 0.4) is 0 Å². The quantitative estimate of drug-likeness (QED) is 0.765. The van der Waals surface area contributed by atoms with Gasteiger partial charge in [-0.1, -0.05) is 39.0 Å². The number of likely N-dealkylation sites (tertiary alicyclic amines) is 1. The van der Waals surface area contributed by atoms with E-state index in [-0.39, 0.29) is 0 Å². The summed E-state index contributed by atoms with van der Waals surface area (Å²) < 4.78 is 0. The van der Waals surface area contributed by atoms with Gasteiger partial charge in [0.15, 0.2) is 0 Å². The Kier molecular flexibility index (Phi) is 4.87. The molecule has 100 valence electrons. The highest BCUT2D eigenvalue weighted by Crippen LogP contribution is 2.35. The summed E-state index contributed by atoms with van der Waals surface area (Å²) in [5.74, 6) is 0.926. The summed E-state index contributed by atoms with van der Waals surface area (Å²) in [7, 11) is 0. The Bertz CT molecular complexity index is 219. The van der Waals surface area contributed by atoms with E-state index in [1.807, 2.05) is 0 Å². The number of hydrogen-bond acceptors (Lipinski definition) is 2. The van der Waals surface area contributed by atoms with E-state index in [1.165, 1.54) is 70.9 Å². The molecule has 1 saturated carbocycles. The third kappa shape index (κ3) is 3.03. The van der Waals surface area contributed by atoms with E-state index in [0.717, 1.165) is 12.5 Å². The van der Waals surface area contributed by atoms with Gasteiger partial charge in [0.2, 0.25) is 0 Å². The number of rotatable bonds is 3. The van der Waals surface area contributed by atoms with Crippen molar-refractivity contribution in [2.45, 2.75) is 70.3 Å². The second kappa shape index (κ2) is 6.19. The average Bonchev–Trinajstić information content (AvgIpc) is 2.65. The molecular formula is C15H30N2. The fraction of sp³-hybridized carbons (Fsp3) is 1.00. The number of piperidine rings is 1. The predicted octanol–water partition coefficient (Wildman–Crippen LogP) is 3.16. The maximum absolute atomic E-state index is 6.18. The van der Waals surface area contributed by atoms with Crippen LogP contribution in [0.4, 0.5) is 0 Å². The van der Waals surface area contributed by atoms with Crippen LogP contribution in [0.1, 0.15) is 64.7 Å². The van der Waals surface area contributed by atoms with Crippen molar-refractivity contribution >= 4 is 0 Å². The number of hydrogen-bond donors (Lipinski definition) is 1. The Hall–Kier alpha value is -0.0800. The van der Waals surface area contributed by atoms with Crippen molar-refractivity contribution in [3.05, 3.63) is 0 Å². The monoisotopic (exact) mass is 238 g/mol. The standard InChI is InChI=1S/C15H30N2/c1-2-14-8-7-11-17(12-14)15(13-16)9-5-3-4-6-10-15/h14H,2-13,16H2,1H3. The van der Waals surface area contributed by atoms with Gasteiger partial charge in [0.1, 0.15) is 0 Å². The molecule has 0 spiro atoms. The molecule has 1 aliphatic heterocycles. The van der Waals surface area contributed by atoms with Crippen molar-refractivity contribution < 1.29 is 0 Å². The van der Waals surface area contributed by atoms with Gasteiger partial charge in [-0.15, -0.1) is 0 Å². The molecule has 1 heterocycles. The highest BCUT2D eigenvalue weighted by atomic mass is 15.2. The van der Waals surface area contributed by atoms with E-state index in [9.17, 15) is 0 Å². The summed E-state index contributed by atoms with van der Waals surface area (Å²) in [6, 6.07) is 0. The number of nitrogens with two attached hydrogens (primary N) is 1. The Morgan fingerprint density at radius 3 is 2.41 bits per heavy atom. The van der Waals surface area contributed by atoms with Gasteiger partial charge in [-0.2, -0.15) is 0 Å². The van der Waals surface area contributed by atoms with E-state index in [4.69, 9.17) is 5.73 Å². The largest absolute Gasteiger partial charge is 0.329 e. The van der Waals surface area contributed by atoms with E-state index in [0.29, 0.717) is 5.54 Å². The topological polar surface area (TPSA) is 29.3 Å². The minimum atomic E-state index is 0.365. The summed E-state index contributed by atoms with van der Waals surface area (Å²) in [5.41, 5.74) is 6.55. The van der Waals surface area contributed by atoms with E-state index in [1.54, 1.807) is 0 Å². The molecule has 1 aliphatic carbocycles. The zero-order valence-corrected chi connectivity index (χ0v) is 11.6. The molecule has 1 unspecified atom stereocenters. The Labute approximate surface area is 107 Å². The van der Waals surface area contributed by atoms with E-state index >= 15 is 0 Å². The zero-order chi connectivity index (χ0) is 12.1. The molecular weight excluding hydrogens is 208 g/mol. The highest BCUT2D eigenvalue weighted by molar-refractivity contribution is 4.95. The van der Waals surface area contributed by atoms with Crippen molar-refractivity contribution in [3.63, 3.8) is 0 Å². The molecule has 0 radical (unpaired) electrons. The molecule has 0 amide bonds. The molecule has 2 fully saturated rings. The third-order valence-corrected chi connectivity index (χ3v) is 5.18. The van der Waals surface area contributed by atoms with E-state index in [2.05, 4.69) is 11.8 Å². The summed E-state index contributed by atoms with van der Waals surface area (Å²) in [5, 5.41) is 0. The van der Waals surface area contributed by atoms with Crippen LogP contribution in [0.25, 0.3) is 0 Å². The van der Waals surface area contributed by atoms with E-state index < -0.39 is 0 Å². The van der Waals surface area contributed by atoms with Crippen LogP contribution in [0.2, 0.25) is 0 Å². The lowest BCUT2D eigenvalue weighted by Crippen LogP contribution is -2.56. The first-order valence-corrected chi connectivity index (χ1v) is 7.76. The molecule has 1 saturated heterocycles. The Morgan fingerprint density at radius 1 is 1.12 bits per heavy atom. The molecule has 0 bridgehead atoms. The minimum absolute atomic E-state index is 0.365. The van der Waals surface area contributed by atoms with Crippen LogP contribution < -0.4 is 5.73 Å². The second-order valence-corrected chi connectivity index (χ2v) is 6.21. The first-order chi connectivity index (χ1) is 8.30. The molecule has 0 aromatic heterocycles. The predicted molar refractivity (Wildman–Crippen MR) is 74.1 cm³/mol. The van der Waals surface area contributed by atoms with Gasteiger partial charge >= 0.3 is 0 Å². The van der Waals surface area contributed by atoms with Gasteiger partial charge in [-0.05, 0) is 38.1 Å². The van der Waals surface area contributed by atoms with Gasteiger partial charge in [0.05, 0.1) is 0 Å². The van der Waals surface area contributed by atoms with Gasteiger partial charge in [0.25, 0.3) is 0 Å². The fourth-order valence-corrected chi connectivity index (χ4v) is 3.87. The molecule has 17 heavy (non-hydrogen) atoms. The normalized spacial score (nSPS) is 31.1.